The van der Waals surface area contributed by atoms with Crippen molar-refractivity contribution in [3.8, 4) is 0 Å². The second-order valence-electron chi connectivity index (χ2n) is 10.5. The Kier molecular flexibility index (Phi) is 8.17. The van der Waals surface area contributed by atoms with Gasteiger partial charge in [-0.05, 0) is 30.7 Å². The molecule has 5 rings (SSSR count). The summed E-state index contributed by atoms with van der Waals surface area (Å²) < 4.78 is 3.22. The molecule has 0 amide bonds. The van der Waals surface area contributed by atoms with Crippen molar-refractivity contribution in [1.82, 2.24) is 24.1 Å². The van der Waals surface area contributed by atoms with Gasteiger partial charge < -0.3 is 0 Å². The maximum atomic E-state index is 13.4. The first-order valence-electron chi connectivity index (χ1n) is 14.3. The highest BCUT2D eigenvalue weighted by Crippen LogP contribution is 2.31. The Bertz CT molecular complexity index is 1550. The van der Waals surface area contributed by atoms with Gasteiger partial charge in [-0.15, -0.1) is 0 Å². The lowest BCUT2D eigenvalue weighted by atomic mass is 10.0. The molecule has 0 unspecified atom stereocenters. The molecule has 196 valence electrons. The third kappa shape index (κ3) is 5.27. The van der Waals surface area contributed by atoms with E-state index in [0.29, 0.717) is 28.5 Å². The highest BCUT2D eigenvalue weighted by molar-refractivity contribution is 6.21. The van der Waals surface area contributed by atoms with Crippen LogP contribution in [0.25, 0.3) is 38.4 Å². The second-order valence-corrected chi connectivity index (χ2v) is 10.5. The van der Waals surface area contributed by atoms with Gasteiger partial charge in [-0.3, -0.25) is 19.3 Å². The van der Waals surface area contributed by atoms with Crippen LogP contribution in [0.1, 0.15) is 96.8 Å². The molecular formula is C30H39N5O2. The van der Waals surface area contributed by atoms with E-state index in [9.17, 15) is 9.59 Å². The Balaban J connectivity index is 1.16. The Morgan fingerprint density at radius 2 is 1.27 bits per heavy atom. The number of aromatic amines is 1. The van der Waals surface area contributed by atoms with E-state index in [2.05, 4.69) is 22.0 Å². The summed E-state index contributed by atoms with van der Waals surface area (Å²) in [4.78, 5) is 35.6. The van der Waals surface area contributed by atoms with Crippen LogP contribution in [0.4, 0.5) is 0 Å². The summed E-state index contributed by atoms with van der Waals surface area (Å²) in [5.74, 6) is 0.559. The number of hydrogen-bond donors (Lipinski definition) is 1. The summed E-state index contributed by atoms with van der Waals surface area (Å²) >= 11 is 0. The zero-order valence-corrected chi connectivity index (χ0v) is 22.1. The van der Waals surface area contributed by atoms with Crippen LogP contribution in [-0.2, 0) is 6.54 Å². The number of H-pyrrole nitrogens is 1. The Labute approximate surface area is 217 Å². The Morgan fingerprint density at radius 3 is 1.89 bits per heavy atom. The van der Waals surface area contributed by atoms with Gasteiger partial charge in [-0.25, -0.2) is 14.5 Å². The highest BCUT2D eigenvalue weighted by Gasteiger charge is 2.18. The average Bonchev–Trinajstić information content (AvgIpc) is 3.39. The number of fused-ring (bicyclic) bond motifs is 2. The van der Waals surface area contributed by atoms with E-state index in [1.807, 2.05) is 24.3 Å². The first kappa shape index (κ1) is 25.4. The Morgan fingerprint density at radius 1 is 0.703 bits per heavy atom. The van der Waals surface area contributed by atoms with Crippen LogP contribution in [0.2, 0.25) is 0 Å². The topological polar surface area (TPSA) is 85.1 Å². The molecule has 7 nitrogen and oxygen atoms in total. The lowest BCUT2D eigenvalue weighted by Crippen LogP contribution is -2.33. The van der Waals surface area contributed by atoms with Crippen molar-refractivity contribution in [2.75, 3.05) is 0 Å². The fourth-order valence-electron chi connectivity index (χ4n) is 5.77. The maximum absolute atomic E-state index is 13.4. The van der Waals surface area contributed by atoms with Crippen LogP contribution in [0, 0.1) is 0 Å². The predicted octanol–water partition coefficient (Wildman–Crippen LogP) is 6.96. The van der Waals surface area contributed by atoms with E-state index in [1.165, 1.54) is 75.2 Å². The molecule has 0 spiro atoms. The first-order chi connectivity index (χ1) is 18.2. The predicted molar refractivity (Wildman–Crippen MR) is 152 cm³/mol. The molecule has 0 aliphatic heterocycles. The van der Waals surface area contributed by atoms with Crippen molar-refractivity contribution >= 4 is 38.4 Å². The van der Waals surface area contributed by atoms with Gasteiger partial charge in [-0.2, -0.15) is 0 Å². The molecule has 0 saturated carbocycles. The van der Waals surface area contributed by atoms with Crippen molar-refractivity contribution in [3.05, 3.63) is 51.3 Å². The number of nitrogens with zero attached hydrogens (tertiary/aromatic N) is 4. The SMILES string of the molecule is CCCCCCCCCCCCCCCCn1c(=O)c2ccc3nc4nc[nH]n4c4ccc(c1=O)c2c34. The summed E-state index contributed by atoms with van der Waals surface area (Å²) in [6.07, 6.45) is 19.5. The number of nitrogens with one attached hydrogen (secondary N) is 1. The van der Waals surface area contributed by atoms with Gasteiger partial charge in [0, 0.05) is 28.1 Å². The molecule has 5 aromatic rings. The number of pyridine rings is 1. The Hall–Kier alpha value is -3.22. The zero-order valence-electron chi connectivity index (χ0n) is 22.1. The summed E-state index contributed by atoms with van der Waals surface area (Å²) in [7, 11) is 0. The summed E-state index contributed by atoms with van der Waals surface area (Å²) in [5.41, 5.74) is 1.20. The van der Waals surface area contributed by atoms with Crippen molar-refractivity contribution in [2.24, 2.45) is 0 Å². The lowest BCUT2D eigenvalue weighted by Gasteiger charge is -2.13. The monoisotopic (exact) mass is 501 g/mol. The standard InChI is InChI=1S/C30H39N5O2/c1-2-3-4-5-6-7-8-9-10-11-12-13-14-15-20-34-28(36)22-16-18-24-27-25(35-30(33-24)31-21-32-35)19-17-23(26(22)27)29(34)37/h16-19,21H,2-15,20H2,1H3,(H,31,32,33). The van der Waals surface area contributed by atoms with Crippen LogP contribution in [0.3, 0.4) is 0 Å². The molecule has 37 heavy (non-hydrogen) atoms. The quantitative estimate of drug-likeness (QED) is 0.124. The van der Waals surface area contributed by atoms with Gasteiger partial charge in [0.05, 0.1) is 11.0 Å². The lowest BCUT2D eigenvalue weighted by molar-refractivity contribution is 0.519. The largest absolute Gasteiger partial charge is 0.280 e. The van der Waals surface area contributed by atoms with Gasteiger partial charge in [0.1, 0.15) is 6.33 Å². The van der Waals surface area contributed by atoms with Crippen molar-refractivity contribution < 1.29 is 0 Å². The third-order valence-corrected chi connectivity index (χ3v) is 7.83. The minimum Gasteiger partial charge on any atom is -0.280 e. The number of benzene rings is 2. The molecule has 7 heteroatoms. The van der Waals surface area contributed by atoms with Crippen molar-refractivity contribution in [3.63, 3.8) is 0 Å². The van der Waals surface area contributed by atoms with Gasteiger partial charge in [0.25, 0.3) is 16.9 Å². The average molecular weight is 502 g/mol. The fourth-order valence-corrected chi connectivity index (χ4v) is 5.77. The van der Waals surface area contributed by atoms with E-state index in [-0.39, 0.29) is 11.1 Å². The third-order valence-electron chi connectivity index (χ3n) is 7.83. The minimum absolute atomic E-state index is 0.198. The number of aromatic nitrogens is 5. The molecular weight excluding hydrogens is 462 g/mol. The van der Waals surface area contributed by atoms with E-state index >= 15 is 0 Å². The van der Waals surface area contributed by atoms with Crippen LogP contribution in [0.15, 0.2) is 40.2 Å². The van der Waals surface area contributed by atoms with Crippen LogP contribution in [0.5, 0.6) is 0 Å². The molecule has 3 heterocycles. The highest BCUT2D eigenvalue weighted by atomic mass is 16.2. The van der Waals surface area contributed by atoms with E-state index in [4.69, 9.17) is 0 Å². The number of hydrogen-bond acceptors (Lipinski definition) is 4. The van der Waals surface area contributed by atoms with Gasteiger partial charge in [0.15, 0.2) is 0 Å². The molecule has 0 aliphatic carbocycles. The molecule has 3 aromatic heterocycles. The van der Waals surface area contributed by atoms with Crippen molar-refractivity contribution in [2.45, 2.75) is 103 Å². The summed E-state index contributed by atoms with van der Waals surface area (Å²) in [6.45, 7) is 2.74. The molecule has 0 radical (unpaired) electrons. The molecule has 2 aromatic carbocycles. The van der Waals surface area contributed by atoms with Gasteiger partial charge in [-0.1, -0.05) is 90.4 Å². The minimum atomic E-state index is -0.198. The second kappa shape index (κ2) is 11.9. The fraction of sp³-hybridized carbons (Fsp3) is 0.533. The first-order valence-corrected chi connectivity index (χ1v) is 14.3. The van der Waals surface area contributed by atoms with E-state index in [0.717, 1.165) is 35.7 Å². The molecule has 1 N–H and O–H groups in total. The van der Waals surface area contributed by atoms with E-state index < -0.39 is 0 Å². The normalized spacial score (nSPS) is 12.1. The smallest absolute Gasteiger partial charge is 0.261 e. The van der Waals surface area contributed by atoms with Crippen molar-refractivity contribution in [1.29, 1.82) is 0 Å². The van der Waals surface area contributed by atoms with E-state index in [1.54, 1.807) is 10.8 Å². The van der Waals surface area contributed by atoms with Crippen LogP contribution < -0.4 is 11.1 Å². The van der Waals surface area contributed by atoms with Crippen LogP contribution in [-0.4, -0.2) is 24.1 Å². The molecule has 0 fully saturated rings. The van der Waals surface area contributed by atoms with Gasteiger partial charge >= 0.3 is 0 Å². The zero-order chi connectivity index (χ0) is 25.6. The number of rotatable bonds is 15. The number of unbranched alkanes of at least 4 members (excludes halogenated alkanes) is 13. The van der Waals surface area contributed by atoms with Gasteiger partial charge in [0.2, 0.25) is 0 Å². The van der Waals surface area contributed by atoms with Crippen LogP contribution >= 0.6 is 0 Å². The molecule has 0 atom stereocenters. The summed E-state index contributed by atoms with van der Waals surface area (Å²) in [5, 5.41) is 5.77. The molecule has 0 aliphatic rings. The molecule has 0 saturated heterocycles. The maximum Gasteiger partial charge on any atom is 0.261 e. The molecule has 0 bridgehead atoms. The summed E-state index contributed by atoms with van der Waals surface area (Å²) in [6, 6.07) is 7.42.